The first-order valence-corrected chi connectivity index (χ1v) is 7.97. The number of amides is 1. The van der Waals surface area contributed by atoms with E-state index in [0.29, 0.717) is 5.69 Å². The molecule has 0 saturated carbocycles. The highest BCUT2D eigenvalue weighted by Crippen LogP contribution is 2.15. The fourth-order valence-electron chi connectivity index (χ4n) is 2.82. The first-order valence-electron chi connectivity index (χ1n) is 7.97. The predicted octanol–water partition coefficient (Wildman–Crippen LogP) is 0.250. The van der Waals surface area contributed by atoms with E-state index in [1.807, 2.05) is 30.5 Å². The number of hydrazone groups is 1. The zero-order valence-electron chi connectivity index (χ0n) is 13.9. The SMILES string of the molecule is Cc1cc(=O)c2n(CC(=O)N/N=C\c3c[nH]c4ccccc34)nc[n+]2[nH]1. The van der Waals surface area contributed by atoms with Crippen LogP contribution in [0.15, 0.2) is 52.8 Å². The van der Waals surface area contributed by atoms with Gasteiger partial charge in [0.2, 0.25) is 0 Å². The molecule has 3 N–H and O–H groups in total. The number of benzene rings is 1. The minimum atomic E-state index is -0.383. The summed E-state index contributed by atoms with van der Waals surface area (Å²) in [6, 6.07) is 9.27. The van der Waals surface area contributed by atoms with Gasteiger partial charge < -0.3 is 4.98 Å². The number of aromatic nitrogens is 5. The van der Waals surface area contributed by atoms with E-state index in [9.17, 15) is 9.59 Å². The van der Waals surface area contributed by atoms with Gasteiger partial charge in [-0.05, 0) is 13.0 Å². The Morgan fingerprint density at radius 2 is 2.27 bits per heavy atom. The van der Waals surface area contributed by atoms with Crippen LogP contribution in [0.2, 0.25) is 0 Å². The van der Waals surface area contributed by atoms with E-state index in [-0.39, 0.29) is 23.5 Å². The molecule has 0 bridgehead atoms. The lowest BCUT2D eigenvalue weighted by atomic mass is 10.2. The normalized spacial score (nSPS) is 11.6. The molecule has 3 heterocycles. The molecule has 0 radical (unpaired) electrons. The number of carbonyl (C=O) groups excluding carboxylic acids is 1. The second-order valence-corrected chi connectivity index (χ2v) is 5.87. The number of hydrogen-bond acceptors (Lipinski definition) is 4. The molecule has 0 saturated heterocycles. The Morgan fingerprint density at radius 1 is 1.42 bits per heavy atom. The molecule has 26 heavy (non-hydrogen) atoms. The topological polar surface area (TPSA) is 112 Å². The van der Waals surface area contributed by atoms with Crippen molar-refractivity contribution in [2.75, 3.05) is 0 Å². The predicted molar refractivity (Wildman–Crippen MR) is 94.8 cm³/mol. The highest BCUT2D eigenvalue weighted by atomic mass is 16.2. The van der Waals surface area contributed by atoms with Gasteiger partial charge in [0.05, 0.1) is 6.21 Å². The van der Waals surface area contributed by atoms with Gasteiger partial charge >= 0.3 is 5.65 Å². The van der Waals surface area contributed by atoms with Crippen LogP contribution >= 0.6 is 0 Å². The molecule has 9 nitrogen and oxygen atoms in total. The Labute approximate surface area is 147 Å². The van der Waals surface area contributed by atoms with E-state index < -0.39 is 0 Å². The van der Waals surface area contributed by atoms with E-state index >= 15 is 0 Å². The zero-order chi connectivity index (χ0) is 18.1. The molecule has 0 aliphatic heterocycles. The van der Waals surface area contributed by atoms with Crippen molar-refractivity contribution in [2.45, 2.75) is 13.5 Å². The van der Waals surface area contributed by atoms with Crippen LogP contribution in [0.5, 0.6) is 0 Å². The number of nitrogens with zero attached hydrogens (tertiary/aromatic N) is 4. The van der Waals surface area contributed by atoms with Crippen molar-refractivity contribution in [1.82, 2.24) is 25.3 Å². The summed E-state index contributed by atoms with van der Waals surface area (Å²) < 4.78 is 2.81. The summed E-state index contributed by atoms with van der Waals surface area (Å²) >= 11 is 0. The molecular formula is C17H16N7O2+. The lowest BCUT2D eigenvalue weighted by molar-refractivity contribution is -0.582. The van der Waals surface area contributed by atoms with Gasteiger partial charge in [-0.2, -0.15) is 5.10 Å². The van der Waals surface area contributed by atoms with Gasteiger partial charge in [0, 0.05) is 39.5 Å². The number of hydrogen-bond donors (Lipinski definition) is 3. The summed E-state index contributed by atoms with van der Waals surface area (Å²) in [5.74, 6) is -0.383. The minimum absolute atomic E-state index is 0.117. The Hall–Kier alpha value is -3.75. The summed E-state index contributed by atoms with van der Waals surface area (Å²) in [6.07, 6.45) is 4.84. The van der Waals surface area contributed by atoms with Crippen LogP contribution in [0, 0.1) is 6.92 Å². The number of carbonyl (C=O) groups is 1. The quantitative estimate of drug-likeness (QED) is 0.279. The molecular weight excluding hydrogens is 334 g/mol. The maximum atomic E-state index is 12.1. The van der Waals surface area contributed by atoms with Crippen LogP contribution in [0.1, 0.15) is 11.3 Å². The first kappa shape index (κ1) is 15.8. The molecule has 130 valence electrons. The summed E-state index contributed by atoms with van der Waals surface area (Å²) in [4.78, 5) is 27.3. The smallest absolute Gasteiger partial charge is 0.331 e. The molecule has 4 rings (SSSR count). The van der Waals surface area contributed by atoms with Crippen LogP contribution < -0.4 is 15.4 Å². The van der Waals surface area contributed by atoms with E-state index in [0.717, 1.165) is 16.5 Å². The van der Waals surface area contributed by atoms with Gasteiger partial charge in [0.25, 0.3) is 17.7 Å². The number of aryl methyl sites for hydroxylation is 1. The van der Waals surface area contributed by atoms with Crippen LogP contribution in [0.25, 0.3) is 16.6 Å². The second kappa shape index (κ2) is 6.28. The number of nitrogens with one attached hydrogen (secondary N) is 3. The molecule has 0 atom stereocenters. The largest absolute Gasteiger partial charge is 0.361 e. The highest BCUT2D eigenvalue weighted by Gasteiger charge is 2.18. The third-order valence-electron chi connectivity index (χ3n) is 3.95. The van der Waals surface area contributed by atoms with Crippen molar-refractivity contribution in [1.29, 1.82) is 0 Å². The Morgan fingerprint density at radius 3 is 3.15 bits per heavy atom. The third-order valence-corrected chi connectivity index (χ3v) is 3.95. The summed E-state index contributed by atoms with van der Waals surface area (Å²) in [5, 5.41) is 12.0. The van der Waals surface area contributed by atoms with Gasteiger partial charge in [0.1, 0.15) is 0 Å². The monoisotopic (exact) mass is 350 g/mol. The highest BCUT2D eigenvalue weighted by molar-refractivity contribution is 5.99. The molecule has 0 spiro atoms. The van der Waals surface area contributed by atoms with Gasteiger partial charge in [0.15, 0.2) is 6.54 Å². The average molecular weight is 350 g/mol. The van der Waals surface area contributed by atoms with Crippen LogP contribution in [0.4, 0.5) is 0 Å². The van der Waals surface area contributed by atoms with Crippen molar-refractivity contribution in [3.63, 3.8) is 0 Å². The molecule has 3 aromatic heterocycles. The maximum Gasteiger partial charge on any atom is 0.331 e. The number of fused-ring (bicyclic) bond motifs is 2. The lowest BCUT2D eigenvalue weighted by Crippen LogP contribution is -2.33. The Bertz CT molecular complexity index is 1200. The molecule has 4 aromatic rings. The fraction of sp³-hybridized carbons (Fsp3) is 0.118. The van der Waals surface area contributed by atoms with E-state index in [1.165, 1.54) is 21.6 Å². The van der Waals surface area contributed by atoms with E-state index in [4.69, 9.17) is 0 Å². The summed E-state index contributed by atoms with van der Waals surface area (Å²) in [5.41, 5.74) is 5.10. The van der Waals surface area contributed by atoms with Crippen molar-refractivity contribution < 1.29 is 9.31 Å². The van der Waals surface area contributed by atoms with Crippen LogP contribution in [0.3, 0.4) is 0 Å². The van der Waals surface area contributed by atoms with E-state index in [2.05, 4.69) is 25.7 Å². The summed E-state index contributed by atoms with van der Waals surface area (Å²) in [7, 11) is 0. The average Bonchev–Trinajstić information content (AvgIpc) is 3.19. The van der Waals surface area contributed by atoms with Gasteiger partial charge in [-0.15, -0.1) is 4.52 Å². The number of aromatic amines is 2. The fourth-order valence-corrected chi connectivity index (χ4v) is 2.82. The Kier molecular flexibility index (Phi) is 3.81. The van der Waals surface area contributed by atoms with Crippen molar-refractivity contribution in [3.05, 3.63) is 64.3 Å². The molecule has 1 aromatic carbocycles. The molecule has 0 unspecified atom stereocenters. The third kappa shape index (κ3) is 2.86. The molecule has 1 amide bonds. The van der Waals surface area contributed by atoms with Crippen molar-refractivity contribution >= 4 is 28.7 Å². The summed E-state index contributed by atoms with van der Waals surface area (Å²) in [6.45, 7) is 1.66. The Balaban J connectivity index is 1.49. The lowest BCUT2D eigenvalue weighted by Gasteiger charge is -1.97. The molecule has 9 heteroatoms. The molecule has 0 aliphatic carbocycles. The minimum Gasteiger partial charge on any atom is -0.361 e. The molecule has 0 fully saturated rings. The number of para-hydroxylation sites is 1. The van der Waals surface area contributed by atoms with Gasteiger partial charge in [-0.1, -0.05) is 22.9 Å². The van der Waals surface area contributed by atoms with E-state index in [1.54, 1.807) is 13.1 Å². The van der Waals surface area contributed by atoms with Crippen molar-refractivity contribution in [3.8, 4) is 0 Å². The zero-order valence-corrected chi connectivity index (χ0v) is 13.9. The number of H-pyrrole nitrogens is 2. The first-order chi connectivity index (χ1) is 12.6. The molecule has 0 aliphatic rings. The standard InChI is InChI=1S/C17H15N7O2/c1-11-6-15(25)17-23(20-10-24(17)22-11)9-16(26)21-19-8-12-7-18-14-5-3-2-4-13(12)14/h2-8,10,22,25H,9H2,1H3/p+1. The second-order valence-electron chi connectivity index (χ2n) is 5.87. The van der Waals surface area contributed by atoms with Gasteiger partial charge in [-0.3, -0.25) is 9.59 Å². The number of rotatable bonds is 4. The van der Waals surface area contributed by atoms with Gasteiger partial charge in [-0.25, -0.2) is 10.5 Å². The van der Waals surface area contributed by atoms with Crippen LogP contribution in [-0.2, 0) is 11.3 Å². The van der Waals surface area contributed by atoms with Crippen LogP contribution in [-0.4, -0.2) is 32.0 Å². The van der Waals surface area contributed by atoms with Crippen molar-refractivity contribution in [2.24, 2.45) is 5.10 Å². The maximum absolute atomic E-state index is 12.1.